The number of carbonyl (C=O) groups excluding carboxylic acids is 2. The summed E-state index contributed by atoms with van der Waals surface area (Å²) in [6, 6.07) is 19.9. The Bertz CT molecular complexity index is 2150. The van der Waals surface area contributed by atoms with Crippen molar-refractivity contribution in [2.75, 3.05) is 81.2 Å². The predicted octanol–water partition coefficient (Wildman–Crippen LogP) is 5.94. The van der Waals surface area contributed by atoms with Crippen LogP contribution < -0.4 is 61.9 Å². The number of fused-ring (bicyclic) bond motifs is 4. The summed E-state index contributed by atoms with van der Waals surface area (Å²) in [5.74, 6) is 6.36. The Hall–Kier alpha value is -4.00. The van der Waals surface area contributed by atoms with Crippen molar-refractivity contribution in [3.05, 3.63) is 94.0 Å². The Balaban J connectivity index is 0.000000258. The van der Waals surface area contributed by atoms with Gasteiger partial charge in [-0.05, 0) is 89.9 Å². The molecule has 0 saturated heterocycles. The molecule has 12 nitrogen and oxygen atoms in total. The van der Waals surface area contributed by atoms with Gasteiger partial charge in [-0.25, -0.2) is 0 Å². The summed E-state index contributed by atoms with van der Waals surface area (Å²) in [4.78, 5) is 30.1. The summed E-state index contributed by atoms with van der Waals surface area (Å²) < 4.78 is 45.1. The van der Waals surface area contributed by atoms with Crippen LogP contribution in [0.5, 0.6) is 46.0 Å². The smallest absolute Gasteiger partial charge is 0.231 e. The SMILES string of the molecule is C.CI.COc1ccc(CCC(=O)CC2c3c(cc4c(c3OC)OCO4)CCN2C)cc1.COc1ccc(CCC(=O)CC2c3c(cc4c(c3OC)OCO4)CC[N+]2(C)C)cc1.[I-]. The van der Waals surface area contributed by atoms with E-state index in [0.717, 1.165) is 94.3 Å². The molecule has 0 spiro atoms. The highest BCUT2D eigenvalue weighted by Crippen LogP contribution is 2.52. The number of ether oxygens (including phenoxy) is 8. The molecular weight excluding hydrogens is 1030 g/mol. The molecule has 4 aliphatic rings. The topological polar surface area (TPSA) is 111 Å². The molecule has 4 aromatic rings. The highest BCUT2D eigenvalue weighted by atomic mass is 127. The van der Waals surface area contributed by atoms with Crippen molar-refractivity contribution in [2.24, 2.45) is 0 Å². The van der Waals surface area contributed by atoms with Crippen LogP contribution in [0.4, 0.5) is 0 Å². The van der Waals surface area contributed by atoms with Gasteiger partial charge in [0, 0.05) is 43.8 Å². The average molecular weight is 1090 g/mol. The van der Waals surface area contributed by atoms with E-state index in [1.165, 1.54) is 11.1 Å². The van der Waals surface area contributed by atoms with E-state index in [0.29, 0.717) is 42.9 Å². The quantitative estimate of drug-likeness (QED) is 0.0851. The summed E-state index contributed by atoms with van der Waals surface area (Å²) in [5, 5.41) is 0. The molecule has 14 heteroatoms. The number of nitrogens with zero attached hydrogens (tertiary/aromatic N) is 2. The second-order valence-electron chi connectivity index (χ2n) is 16.1. The molecule has 2 atom stereocenters. The third-order valence-electron chi connectivity index (χ3n) is 12.2. The fraction of sp³-hybridized carbons (Fsp3) is 0.469. The van der Waals surface area contributed by atoms with Crippen LogP contribution in [0.2, 0.25) is 0 Å². The molecule has 0 aliphatic carbocycles. The lowest BCUT2D eigenvalue weighted by atomic mass is 9.86. The van der Waals surface area contributed by atoms with Crippen LogP contribution in [-0.2, 0) is 35.3 Å². The first-order chi connectivity index (χ1) is 29.5. The number of methoxy groups -OCH3 is 4. The Labute approximate surface area is 404 Å². The van der Waals surface area contributed by atoms with Gasteiger partial charge in [0.1, 0.15) is 29.1 Å². The number of hydrogen-bond donors (Lipinski definition) is 0. The summed E-state index contributed by atoms with van der Waals surface area (Å²) in [6.45, 7) is 2.27. The van der Waals surface area contributed by atoms with Crippen molar-refractivity contribution in [2.45, 2.75) is 70.9 Å². The van der Waals surface area contributed by atoms with Crippen molar-refractivity contribution in [3.8, 4) is 46.0 Å². The highest BCUT2D eigenvalue weighted by molar-refractivity contribution is 14.1. The standard InChI is InChI=1S/C24H30NO5.C23H27NO5.CH3I.CH4.HI/c1-25(2)12-11-17-13-21-23(30-15-29-21)24(28-4)22(17)20(25)14-18(26)8-5-16-6-9-19(27-3)10-7-16;1-24-11-10-16-12-20-22(29-14-28-20)23(27-3)21(16)19(24)13-17(25)7-4-15-5-8-18(26-2)9-6-15;1-2;;/h6-7,9-10,13,20H,5,8,11-12,14-15H2,1-4H3;5-6,8-9,12,19H,4,7,10-11,13-14H2,1-3H3;1H3;1H4;1H/q+1;;;;/p-1. The van der Waals surface area contributed by atoms with Crippen LogP contribution in [0.3, 0.4) is 0 Å². The molecule has 8 rings (SSSR count). The molecule has 0 bridgehead atoms. The molecule has 0 aromatic heterocycles. The largest absolute Gasteiger partial charge is 1.00 e. The van der Waals surface area contributed by atoms with E-state index in [-0.39, 0.29) is 68.6 Å². The van der Waals surface area contributed by atoms with Gasteiger partial charge in [-0.15, -0.1) is 0 Å². The zero-order valence-electron chi connectivity index (χ0n) is 37.1. The number of halogens is 2. The van der Waals surface area contributed by atoms with Gasteiger partial charge in [0.2, 0.25) is 25.1 Å². The van der Waals surface area contributed by atoms with Crippen molar-refractivity contribution in [1.82, 2.24) is 4.90 Å². The van der Waals surface area contributed by atoms with Crippen LogP contribution in [0.25, 0.3) is 0 Å². The van der Waals surface area contributed by atoms with E-state index >= 15 is 0 Å². The number of alkyl halides is 1. The Kier molecular flexibility index (Phi) is 19.5. The molecule has 0 radical (unpaired) electrons. The second-order valence-corrected chi connectivity index (χ2v) is 16.1. The molecule has 344 valence electrons. The highest BCUT2D eigenvalue weighted by Gasteiger charge is 2.42. The first kappa shape index (κ1) is 51.6. The number of benzene rings is 4. The summed E-state index contributed by atoms with van der Waals surface area (Å²) in [6.07, 6.45) is 5.24. The van der Waals surface area contributed by atoms with Crippen LogP contribution in [-0.4, -0.2) is 102 Å². The number of carbonyl (C=O) groups is 2. The molecule has 0 amide bonds. The van der Waals surface area contributed by atoms with Gasteiger partial charge >= 0.3 is 0 Å². The van der Waals surface area contributed by atoms with E-state index in [4.69, 9.17) is 37.9 Å². The number of likely N-dealkylation sites (N-methyl/N-ethyl adjacent to an activating group) is 2. The molecule has 63 heavy (non-hydrogen) atoms. The predicted molar refractivity (Wildman–Crippen MR) is 249 cm³/mol. The molecule has 4 heterocycles. The summed E-state index contributed by atoms with van der Waals surface area (Å²) in [5.41, 5.74) is 6.80. The second kappa shape index (κ2) is 23.8. The Morgan fingerprint density at radius 2 is 1.14 bits per heavy atom. The van der Waals surface area contributed by atoms with Crippen molar-refractivity contribution in [3.63, 3.8) is 0 Å². The van der Waals surface area contributed by atoms with E-state index < -0.39 is 0 Å². The van der Waals surface area contributed by atoms with Crippen molar-refractivity contribution in [1.29, 1.82) is 0 Å². The molecule has 0 fully saturated rings. The number of ketones is 2. The van der Waals surface area contributed by atoms with Gasteiger partial charge in [-0.2, -0.15) is 0 Å². The lowest BCUT2D eigenvalue weighted by molar-refractivity contribution is -0.922. The minimum atomic E-state index is -0.0217. The summed E-state index contributed by atoms with van der Waals surface area (Å²) >= 11 is 2.15. The number of rotatable bonds is 14. The van der Waals surface area contributed by atoms with Crippen molar-refractivity contribution >= 4 is 34.2 Å². The van der Waals surface area contributed by atoms with Crippen molar-refractivity contribution < 1.29 is 75.9 Å². The third-order valence-corrected chi connectivity index (χ3v) is 12.2. The zero-order chi connectivity index (χ0) is 43.7. The van der Waals surface area contributed by atoms with Crippen LogP contribution >= 0.6 is 22.6 Å². The van der Waals surface area contributed by atoms with Gasteiger partial charge < -0.3 is 66.4 Å². The zero-order valence-corrected chi connectivity index (χ0v) is 41.5. The molecule has 4 aromatic carbocycles. The molecule has 0 N–H and O–H groups in total. The monoisotopic (exact) mass is 1090 g/mol. The van der Waals surface area contributed by atoms with Gasteiger partial charge in [-0.1, -0.05) is 54.3 Å². The fourth-order valence-electron chi connectivity index (χ4n) is 8.69. The van der Waals surface area contributed by atoms with Crippen LogP contribution in [0, 0.1) is 0 Å². The molecule has 4 aliphatic heterocycles. The maximum absolute atomic E-state index is 13.0. The number of quaternary nitrogens is 1. The molecular formula is C49H64I2N2O10. The lowest BCUT2D eigenvalue weighted by Gasteiger charge is -2.43. The van der Waals surface area contributed by atoms with Crippen LogP contribution in [0.1, 0.15) is 78.6 Å². The minimum absolute atomic E-state index is 0. The van der Waals surface area contributed by atoms with E-state index in [1.54, 1.807) is 28.4 Å². The fourth-order valence-corrected chi connectivity index (χ4v) is 8.69. The van der Waals surface area contributed by atoms with Crippen LogP contribution in [0.15, 0.2) is 60.7 Å². The number of hydrogen-bond acceptors (Lipinski definition) is 11. The third kappa shape index (κ3) is 12.0. The van der Waals surface area contributed by atoms with Gasteiger partial charge in [-0.3, -0.25) is 14.5 Å². The maximum Gasteiger partial charge on any atom is 0.231 e. The van der Waals surface area contributed by atoms with E-state index in [9.17, 15) is 9.59 Å². The molecule has 2 unspecified atom stereocenters. The lowest BCUT2D eigenvalue weighted by Crippen LogP contribution is -3.00. The Morgan fingerprint density at radius 1 is 0.683 bits per heavy atom. The van der Waals surface area contributed by atoms with Gasteiger partial charge in [0.15, 0.2) is 23.0 Å². The van der Waals surface area contributed by atoms with E-state index in [1.807, 2.05) is 59.5 Å². The molecule has 0 saturated carbocycles. The minimum Gasteiger partial charge on any atom is -1.00 e. The maximum atomic E-state index is 13.0. The first-order valence-corrected chi connectivity index (χ1v) is 22.9. The van der Waals surface area contributed by atoms with Gasteiger partial charge in [0.25, 0.3) is 0 Å². The number of Topliss-reactive ketones (excluding diaryl/α,β-unsaturated/α-hetero) is 2. The number of aryl methyl sites for hydroxylation is 2. The van der Waals surface area contributed by atoms with Gasteiger partial charge in [0.05, 0.1) is 61.1 Å². The average Bonchev–Trinajstić information content (AvgIpc) is 3.97. The first-order valence-electron chi connectivity index (χ1n) is 20.7. The normalized spacial score (nSPS) is 17.1. The summed E-state index contributed by atoms with van der Waals surface area (Å²) in [7, 11) is 13.1. The Morgan fingerprint density at radius 3 is 1.62 bits per heavy atom. The van der Waals surface area contributed by atoms with E-state index in [2.05, 4.69) is 54.7 Å².